The Labute approximate surface area is 143 Å². The lowest BCUT2D eigenvalue weighted by atomic mass is 10.1. The number of amides is 1. The van der Waals surface area contributed by atoms with Gasteiger partial charge in [0.25, 0.3) is 5.91 Å². The molecule has 24 heavy (non-hydrogen) atoms. The van der Waals surface area contributed by atoms with E-state index in [0.29, 0.717) is 29.4 Å². The van der Waals surface area contributed by atoms with Crippen LogP contribution >= 0.6 is 0 Å². The molecular weight excluding hydrogens is 302 g/mol. The van der Waals surface area contributed by atoms with Gasteiger partial charge in [-0.25, -0.2) is 0 Å². The Morgan fingerprint density at radius 1 is 1.08 bits per heavy atom. The van der Waals surface area contributed by atoms with E-state index >= 15 is 0 Å². The Morgan fingerprint density at radius 3 is 2.42 bits per heavy atom. The van der Waals surface area contributed by atoms with Crippen LogP contribution in [0.4, 0.5) is 5.69 Å². The summed E-state index contributed by atoms with van der Waals surface area (Å²) in [6.45, 7) is 6.69. The van der Waals surface area contributed by atoms with E-state index in [1.54, 1.807) is 13.2 Å². The predicted octanol–water partition coefficient (Wildman–Crippen LogP) is 4.74. The second-order valence-electron chi connectivity index (χ2n) is 5.89. The topological polar surface area (TPSA) is 47.6 Å². The summed E-state index contributed by atoms with van der Waals surface area (Å²) in [6, 6.07) is 11.2. The van der Waals surface area contributed by atoms with Gasteiger partial charge in [-0.2, -0.15) is 0 Å². The van der Waals surface area contributed by atoms with Crippen LogP contribution < -0.4 is 14.8 Å². The monoisotopic (exact) mass is 327 g/mol. The standard InChI is InChI=1S/C20H25NO3/c1-5-6-9-24-19-8-7-17(23-4)13-18(19)21-20(22)16-11-14(2)10-15(3)12-16/h7-8,10-13H,5-6,9H2,1-4H3,(H,21,22). The molecule has 4 nitrogen and oxygen atoms in total. The summed E-state index contributed by atoms with van der Waals surface area (Å²) in [4.78, 5) is 12.6. The van der Waals surface area contributed by atoms with Crippen molar-refractivity contribution in [2.45, 2.75) is 33.6 Å². The third-order valence-corrected chi connectivity index (χ3v) is 3.67. The number of aryl methyl sites for hydroxylation is 2. The smallest absolute Gasteiger partial charge is 0.255 e. The lowest BCUT2D eigenvalue weighted by Crippen LogP contribution is -2.13. The Morgan fingerprint density at radius 2 is 1.79 bits per heavy atom. The van der Waals surface area contributed by atoms with Crippen LogP contribution in [0.3, 0.4) is 0 Å². The largest absolute Gasteiger partial charge is 0.497 e. The van der Waals surface area contributed by atoms with Gasteiger partial charge in [-0.3, -0.25) is 4.79 Å². The second-order valence-corrected chi connectivity index (χ2v) is 5.89. The number of benzene rings is 2. The van der Waals surface area contributed by atoms with Crippen LogP contribution in [0.25, 0.3) is 0 Å². The first kappa shape index (κ1) is 17.9. The highest BCUT2D eigenvalue weighted by Crippen LogP contribution is 2.30. The number of hydrogen-bond acceptors (Lipinski definition) is 3. The maximum absolute atomic E-state index is 12.6. The summed E-state index contributed by atoms with van der Waals surface area (Å²) >= 11 is 0. The van der Waals surface area contributed by atoms with Crippen molar-refractivity contribution in [1.82, 2.24) is 0 Å². The van der Waals surface area contributed by atoms with Crippen LogP contribution in [0.2, 0.25) is 0 Å². The van der Waals surface area contributed by atoms with Crippen LogP contribution in [0, 0.1) is 13.8 Å². The zero-order valence-corrected chi connectivity index (χ0v) is 14.8. The molecule has 2 rings (SSSR count). The molecule has 0 bridgehead atoms. The molecule has 128 valence electrons. The third-order valence-electron chi connectivity index (χ3n) is 3.67. The molecule has 0 saturated carbocycles. The van der Waals surface area contributed by atoms with Crippen molar-refractivity contribution < 1.29 is 14.3 Å². The van der Waals surface area contributed by atoms with Crippen molar-refractivity contribution in [3.63, 3.8) is 0 Å². The van der Waals surface area contributed by atoms with Gasteiger partial charge < -0.3 is 14.8 Å². The second kappa shape index (κ2) is 8.39. The molecule has 1 N–H and O–H groups in total. The van der Waals surface area contributed by atoms with Crippen LogP contribution in [0.5, 0.6) is 11.5 Å². The van der Waals surface area contributed by atoms with E-state index in [4.69, 9.17) is 9.47 Å². The molecule has 0 heterocycles. The van der Waals surface area contributed by atoms with Gasteiger partial charge in [0.1, 0.15) is 11.5 Å². The van der Waals surface area contributed by atoms with Crippen LogP contribution in [-0.4, -0.2) is 19.6 Å². The van der Waals surface area contributed by atoms with Crippen LogP contribution in [0.15, 0.2) is 36.4 Å². The SMILES string of the molecule is CCCCOc1ccc(OC)cc1NC(=O)c1cc(C)cc(C)c1. The first-order chi connectivity index (χ1) is 11.5. The number of unbranched alkanes of at least 4 members (excludes halogenated alkanes) is 1. The van der Waals surface area contributed by atoms with Gasteiger partial charge in [-0.05, 0) is 44.5 Å². The van der Waals surface area contributed by atoms with E-state index in [1.165, 1.54) is 0 Å². The average Bonchev–Trinajstić information content (AvgIpc) is 2.55. The molecule has 0 atom stereocenters. The maximum Gasteiger partial charge on any atom is 0.255 e. The molecule has 0 aliphatic rings. The van der Waals surface area contributed by atoms with E-state index < -0.39 is 0 Å². The van der Waals surface area contributed by atoms with Gasteiger partial charge in [0.15, 0.2) is 0 Å². The molecule has 0 unspecified atom stereocenters. The number of ether oxygens (including phenoxy) is 2. The Bertz CT molecular complexity index is 690. The minimum absolute atomic E-state index is 0.157. The molecular formula is C20H25NO3. The van der Waals surface area contributed by atoms with Crippen molar-refractivity contribution in [1.29, 1.82) is 0 Å². The lowest BCUT2D eigenvalue weighted by Gasteiger charge is -2.14. The highest BCUT2D eigenvalue weighted by atomic mass is 16.5. The summed E-state index contributed by atoms with van der Waals surface area (Å²) in [5.74, 6) is 1.17. The Kier molecular flexibility index (Phi) is 6.24. The molecule has 1 amide bonds. The van der Waals surface area contributed by atoms with Crippen molar-refractivity contribution >= 4 is 11.6 Å². The van der Waals surface area contributed by atoms with E-state index in [9.17, 15) is 4.79 Å². The van der Waals surface area contributed by atoms with Gasteiger partial charge in [0.2, 0.25) is 0 Å². The van der Waals surface area contributed by atoms with Crippen molar-refractivity contribution in [3.8, 4) is 11.5 Å². The van der Waals surface area contributed by atoms with Gasteiger partial charge in [0.05, 0.1) is 19.4 Å². The van der Waals surface area contributed by atoms with Crippen molar-refractivity contribution in [2.75, 3.05) is 19.0 Å². The molecule has 0 radical (unpaired) electrons. The van der Waals surface area contributed by atoms with E-state index in [2.05, 4.69) is 12.2 Å². The van der Waals surface area contributed by atoms with E-state index in [0.717, 1.165) is 24.0 Å². The highest BCUT2D eigenvalue weighted by molar-refractivity contribution is 6.05. The minimum Gasteiger partial charge on any atom is -0.497 e. The normalized spacial score (nSPS) is 10.3. The van der Waals surface area contributed by atoms with E-state index in [1.807, 2.05) is 44.2 Å². The summed E-state index contributed by atoms with van der Waals surface area (Å²) in [5, 5.41) is 2.94. The fraction of sp³-hybridized carbons (Fsp3) is 0.350. The lowest BCUT2D eigenvalue weighted by molar-refractivity contribution is 0.102. The molecule has 0 saturated heterocycles. The average molecular weight is 327 g/mol. The van der Waals surface area contributed by atoms with Crippen molar-refractivity contribution in [3.05, 3.63) is 53.1 Å². The Balaban J connectivity index is 2.23. The molecule has 4 heteroatoms. The molecule has 0 aliphatic carbocycles. The number of rotatable bonds is 7. The maximum atomic E-state index is 12.6. The molecule has 0 fully saturated rings. The van der Waals surface area contributed by atoms with Crippen LogP contribution in [-0.2, 0) is 0 Å². The number of hydrogen-bond donors (Lipinski definition) is 1. The number of nitrogens with one attached hydrogen (secondary N) is 1. The van der Waals surface area contributed by atoms with Gasteiger partial charge in [0, 0.05) is 11.6 Å². The van der Waals surface area contributed by atoms with Crippen LogP contribution in [0.1, 0.15) is 41.3 Å². The highest BCUT2D eigenvalue weighted by Gasteiger charge is 2.12. The number of anilines is 1. The molecule has 2 aromatic carbocycles. The minimum atomic E-state index is -0.157. The van der Waals surface area contributed by atoms with Gasteiger partial charge in [-0.15, -0.1) is 0 Å². The summed E-state index contributed by atoms with van der Waals surface area (Å²) in [5.41, 5.74) is 3.37. The fourth-order valence-corrected chi connectivity index (χ4v) is 2.49. The van der Waals surface area contributed by atoms with Crippen molar-refractivity contribution in [2.24, 2.45) is 0 Å². The summed E-state index contributed by atoms with van der Waals surface area (Å²) < 4.78 is 11.0. The molecule has 0 aromatic heterocycles. The number of methoxy groups -OCH3 is 1. The van der Waals surface area contributed by atoms with E-state index in [-0.39, 0.29) is 5.91 Å². The number of carbonyl (C=O) groups is 1. The zero-order valence-electron chi connectivity index (χ0n) is 14.8. The Hall–Kier alpha value is -2.49. The van der Waals surface area contributed by atoms with Gasteiger partial charge in [-0.1, -0.05) is 30.5 Å². The summed E-state index contributed by atoms with van der Waals surface area (Å²) in [7, 11) is 1.60. The van der Waals surface area contributed by atoms with Gasteiger partial charge >= 0.3 is 0 Å². The fourth-order valence-electron chi connectivity index (χ4n) is 2.49. The number of carbonyl (C=O) groups excluding carboxylic acids is 1. The molecule has 0 spiro atoms. The summed E-state index contributed by atoms with van der Waals surface area (Å²) in [6.07, 6.45) is 2.02. The predicted molar refractivity (Wildman–Crippen MR) is 97.3 cm³/mol. The quantitative estimate of drug-likeness (QED) is 0.747. The third kappa shape index (κ3) is 4.75. The first-order valence-electron chi connectivity index (χ1n) is 8.24. The molecule has 0 aliphatic heterocycles. The first-order valence-corrected chi connectivity index (χ1v) is 8.24. The molecule has 2 aromatic rings. The zero-order chi connectivity index (χ0) is 17.5.